The molecule has 0 aliphatic carbocycles. The van der Waals surface area contributed by atoms with Gasteiger partial charge < -0.3 is 5.11 Å². The number of benzene rings is 8. The smallest absolute Gasteiger partial charge is 0.148 e. The normalized spacial score (nSPS) is 11.4. The van der Waals surface area contributed by atoms with Crippen molar-refractivity contribution in [3.63, 3.8) is 0 Å². The number of aromatic hydroxyl groups is 1. The molecular weight excluding hydrogens is 962 g/mol. The number of pyridine rings is 1. The van der Waals surface area contributed by atoms with Crippen molar-refractivity contribution in [2.45, 2.75) is 33.1 Å². The van der Waals surface area contributed by atoms with Crippen molar-refractivity contribution in [1.82, 2.24) is 14.5 Å². The van der Waals surface area contributed by atoms with E-state index < -0.39 is 0 Å². The van der Waals surface area contributed by atoms with E-state index in [1.165, 1.54) is 11.1 Å². The molecule has 10 aromatic rings. The van der Waals surface area contributed by atoms with Gasteiger partial charge in [0.15, 0.2) is 0 Å². The molecule has 2 heterocycles. The van der Waals surface area contributed by atoms with Crippen LogP contribution in [0.4, 0.5) is 0 Å². The van der Waals surface area contributed by atoms with Crippen molar-refractivity contribution in [2.24, 2.45) is 0 Å². The van der Waals surface area contributed by atoms with E-state index in [1.54, 1.807) is 6.07 Å². The minimum absolute atomic E-state index is 0. The first kappa shape index (κ1) is 42.2. The predicted octanol–water partition coefficient (Wildman–Crippen LogP) is 15.2. The van der Waals surface area contributed by atoms with Gasteiger partial charge in [0.05, 0.1) is 22.3 Å². The molecule has 314 valence electrons. The Kier molecular flexibility index (Phi) is 11.6. The second-order valence-electron chi connectivity index (χ2n) is 17.2. The summed E-state index contributed by atoms with van der Waals surface area (Å²) in [5.74, 6) is 0.799. The van der Waals surface area contributed by atoms with Crippen molar-refractivity contribution >= 4 is 11.0 Å². The van der Waals surface area contributed by atoms with Crippen LogP contribution in [0.15, 0.2) is 200 Å². The number of hydrogen-bond acceptors (Lipinski definition) is 3. The first-order valence-electron chi connectivity index (χ1n) is 21.5. The molecule has 5 heteroatoms. The molecule has 10 rings (SSSR count). The second kappa shape index (κ2) is 17.6. The Bertz CT molecular complexity index is 3260. The number of phenolic OH excluding ortho intramolecular Hbond substituents is 1. The van der Waals surface area contributed by atoms with Crippen LogP contribution >= 0.6 is 0 Å². The number of rotatable bonds is 8. The standard InChI is InChI=1S/C59H46N3O.Pt/c1-39-27-29-41(30-28-39)44-31-32-60-53(36-44)47-34-45(40-17-8-5-9-18-40)33-46(35-47)48-24-16-25-54-57(48)61-58(49-23-14-15-26-56(49)63)62(54)55-38-50(42-19-10-6-11-20-42)52(59(2,3)4)37-51(55)43-21-12-7-13-22-43;/h5-34,36-38,63H,1-4H3;/q-1;. The zero-order chi connectivity index (χ0) is 43.1. The Labute approximate surface area is 389 Å². The summed E-state index contributed by atoms with van der Waals surface area (Å²) in [6.45, 7) is 8.93. The molecule has 0 aliphatic rings. The van der Waals surface area contributed by atoms with Crippen molar-refractivity contribution in [3.8, 4) is 89.7 Å². The number of imidazole rings is 1. The number of hydrogen-bond donors (Lipinski definition) is 1. The molecule has 0 radical (unpaired) electrons. The van der Waals surface area contributed by atoms with Gasteiger partial charge in [-0.2, -0.15) is 0 Å². The molecule has 0 amide bonds. The topological polar surface area (TPSA) is 50.9 Å². The minimum atomic E-state index is -0.163. The number of para-hydroxylation sites is 2. The van der Waals surface area contributed by atoms with E-state index in [9.17, 15) is 5.11 Å². The molecule has 4 nitrogen and oxygen atoms in total. The fourth-order valence-corrected chi connectivity index (χ4v) is 8.66. The number of nitrogens with zero attached hydrogens (tertiary/aromatic N) is 3. The van der Waals surface area contributed by atoms with E-state index in [2.05, 4.69) is 202 Å². The maximum atomic E-state index is 11.6. The SMILES string of the molecule is Cc1ccc(-c2ccnc(-c3[c-]c(-c4cccc5c4nc(-c4ccccc4O)n5-c4cc(-c5ccccc5)c(C(C)(C)C)cc4-c4ccccc4)cc(-c4ccccc4)c3)c2)cc1.[Pt]. The quantitative estimate of drug-likeness (QED) is 0.154. The summed E-state index contributed by atoms with van der Waals surface area (Å²) in [5, 5.41) is 11.6. The minimum Gasteiger partial charge on any atom is -0.507 e. The van der Waals surface area contributed by atoms with Crippen LogP contribution in [0.1, 0.15) is 31.9 Å². The van der Waals surface area contributed by atoms with Crippen LogP contribution in [0, 0.1) is 13.0 Å². The largest absolute Gasteiger partial charge is 0.507 e. The summed E-state index contributed by atoms with van der Waals surface area (Å²) in [6, 6.07) is 71.2. The summed E-state index contributed by atoms with van der Waals surface area (Å²) >= 11 is 0. The van der Waals surface area contributed by atoms with Gasteiger partial charge in [0.1, 0.15) is 11.6 Å². The van der Waals surface area contributed by atoms with Crippen LogP contribution in [-0.2, 0) is 26.5 Å². The van der Waals surface area contributed by atoms with Crippen LogP contribution in [0.5, 0.6) is 5.75 Å². The molecule has 2 aromatic heterocycles. The molecule has 0 saturated heterocycles. The summed E-state index contributed by atoms with van der Waals surface area (Å²) in [5.41, 5.74) is 18.0. The third-order valence-corrected chi connectivity index (χ3v) is 11.9. The summed E-state index contributed by atoms with van der Waals surface area (Å²) in [7, 11) is 0. The molecule has 0 bridgehead atoms. The number of phenols is 1. The Balaban J connectivity index is 0.00000518. The van der Waals surface area contributed by atoms with E-state index >= 15 is 0 Å². The molecule has 0 fully saturated rings. The third kappa shape index (κ3) is 8.14. The van der Waals surface area contributed by atoms with Crippen LogP contribution in [0.25, 0.3) is 95.0 Å². The number of fused-ring (bicyclic) bond motifs is 1. The molecule has 0 aliphatic heterocycles. The number of aryl methyl sites for hydroxylation is 1. The first-order chi connectivity index (χ1) is 30.7. The summed E-state index contributed by atoms with van der Waals surface area (Å²) in [6.07, 6.45) is 1.88. The second-order valence-corrected chi connectivity index (χ2v) is 17.2. The molecule has 0 saturated carbocycles. The average Bonchev–Trinajstić information content (AvgIpc) is 3.71. The average molecular weight is 1010 g/mol. The van der Waals surface area contributed by atoms with Crippen LogP contribution < -0.4 is 0 Å². The molecule has 1 N–H and O–H groups in total. The molecule has 0 atom stereocenters. The maximum Gasteiger partial charge on any atom is 0.148 e. The fraction of sp³-hybridized carbons (Fsp3) is 0.0847. The Morgan fingerprint density at radius 3 is 1.77 bits per heavy atom. The fourth-order valence-electron chi connectivity index (χ4n) is 8.66. The van der Waals surface area contributed by atoms with Gasteiger partial charge in [0.25, 0.3) is 0 Å². The van der Waals surface area contributed by atoms with Gasteiger partial charge in [-0.3, -0.25) is 9.55 Å². The number of aromatic nitrogens is 3. The van der Waals surface area contributed by atoms with Crippen molar-refractivity contribution < 1.29 is 26.2 Å². The third-order valence-electron chi connectivity index (χ3n) is 11.9. The monoisotopic (exact) mass is 1010 g/mol. The predicted molar refractivity (Wildman–Crippen MR) is 261 cm³/mol. The van der Waals surface area contributed by atoms with E-state index in [4.69, 9.17) is 9.97 Å². The zero-order valence-electron chi connectivity index (χ0n) is 36.2. The van der Waals surface area contributed by atoms with Gasteiger partial charge >= 0.3 is 0 Å². The Morgan fingerprint density at radius 2 is 1.09 bits per heavy atom. The van der Waals surface area contributed by atoms with E-state index in [0.29, 0.717) is 11.4 Å². The van der Waals surface area contributed by atoms with Crippen LogP contribution in [0.3, 0.4) is 0 Å². The Hall–Kier alpha value is -7.13. The molecular formula is C59H46N3OPt-. The molecule has 8 aromatic carbocycles. The van der Waals surface area contributed by atoms with E-state index in [0.717, 1.165) is 83.6 Å². The maximum absolute atomic E-state index is 11.6. The van der Waals surface area contributed by atoms with Crippen molar-refractivity contribution in [3.05, 3.63) is 218 Å². The van der Waals surface area contributed by atoms with Gasteiger partial charge in [0.2, 0.25) is 0 Å². The van der Waals surface area contributed by atoms with Gasteiger partial charge in [-0.1, -0.05) is 189 Å². The van der Waals surface area contributed by atoms with Crippen molar-refractivity contribution in [1.29, 1.82) is 0 Å². The first-order valence-corrected chi connectivity index (χ1v) is 21.5. The van der Waals surface area contributed by atoms with Crippen LogP contribution in [-0.4, -0.2) is 19.6 Å². The molecule has 64 heavy (non-hydrogen) atoms. The van der Waals surface area contributed by atoms with Gasteiger partial charge in [-0.05, 0) is 87.7 Å². The summed E-state index contributed by atoms with van der Waals surface area (Å²) < 4.78 is 2.24. The molecule has 0 spiro atoms. The van der Waals surface area contributed by atoms with Gasteiger partial charge in [-0.15, -0.1) is 23.8 Å². The van der Waals surface area contributed by atoms with Gasteiger partial charge in [0, 0.05) is 38.5 Å². The summed E-state index contributed by atoms with van der Waals surface area (Å²) in [4.78, 5) is 10.4. The van der Waals surface area contributed by atoms with Crippen LogP contribution in [0.2, 0.25) is 0 Å². The molecule has 0 unspecified atom stereocenters. The van der Waals surface area contributed by atoms with Crippen molar-refractivity contribution in [2.75, 3.05) is 0 Å². The Morgan fingerprint density at radius 1 is 0.500 bits per heavy atom. The zero-order valence-corrected chi connectivity index (χ0v) is 38.4. The van der Waals surface area contributed by atoms with E-state index in [1.807, 2.05) is 30.5 Å². The van der Waals surface area contributed by atoms with E-state index in [-0.39, 0.29) is 32.2 Å². The van der Waals surface area contributed by atoms with Gasteiger partial charge in [-0.25, -0.2) is 4.98 Å².